The van der Waals surface area contributed by atoms with Gasteiger partial charge in [-0.15, -0.1) is 0 Å². The van der Waals surface area contributed by atoms with E-state index in [1.165, 1.54) is 21.0 Å². The molecule has 1 aliphatic rings. The average Bonchev–Trinajstić information content (AvgIpc) is 3.44. The van der Waals surface area contributed by atoms with Gasteiger partial charge in [-0.25, -0.2) is 17.3 Å². The number of hydrogen-bond acceptors (Lipinski definition) is 6. The summed E-state index contributed by atoms with van der Waals surface area (Å²) in [4.78, 5) is 14.5. The van der Waals surface area contributed by atoms with Crippen molar-refractivity contribution in [1.82, 2.24) is 13.9 Å². The number of nitrogens with zero attached hydrogens (tertiary/aromatic N) is 4. The highest BCUT2D eigenvalue weighted by atomic mass is 32.2. The number of halogens is 1. The molecule has 1 amide bonds. The lowest BCUT2D eigenvalue weighted by atomic mass is 10.0. The zero-order valence-electron chi connectivity index (χ0n) is 19.4. The standard InChI is InChI=1S/C23H28FN5O4S/c1-4-27(5-2)34(31,32)23-21(22(25)30)19-14-16(10-12-29(19)26-23)28-11-6-7-18(28)17-13-15(24)8-9-20(17)33-3/h8-10,12-14,18H,4-7,11H2,1-3H3,(H2,25,30). The van der Waals surface area contributed by atoms with E-state index in [0.29, 0.717) is 17.8 Å². The number of sulfonamides is 1. The highest BCUT2D eigenvalue weighted by Gasteiger charge is 2.33. The van der Waals surface area contributed by atoms with E-state index >= 15 is 0 Å². The highest BCUT2D eigenvalue weighted by molar-refractivity contribution is 7.89. The molecule has 1 aromatic carbocycles. The summed E-state index contributed by atoms with van der Waals surface area (Å²) in [5.74, 6) is -0.632. The molecule has 2 N–H and O–H groups in total. The summed E-state index contributed by atoms with van der Waals surface area (Å²) in [6.45, 7) is 4.60. The number of nitrogens with two attached hydrogens (primary N) is 1. The number of carbonyl (C=O) groups is 1. The first kappa shape index (κ1) is 24.0. The SMILES string of the molecule is CCN(CC)S(=O)(=O)c1nn2ccc(N3CCCC3c3cc(F)ccc3OC)cc2c1C(N)=O. The number of anilines is 1. The van der Waals surface area contributed by atoms with Crippen molar-refractivity contribution in [2.45, 2.75) is 37.8 Å². The van der Waals surface area contributed by atoms with E-state index in [2.05, 4.69) is 10.00 Å². The lowest BCUT2D eigenvalue weighted by Gasteiger charge is -2.28. The first-order chi connectivity index (χ1) is 16.2. The molecule has 2 aromatic heterocycles. The number of carbonyl (C=O) groups excluding carboxylic acids is 1. The van der Waals surface area contributed by atoms with Crippen LogP contribution in [0.3, 0.4) is 0 Å². The molecule has 3 aromatic rings. The molecule has 0 aliphatic carbocycles. The fourth-order valence-corrected chi connectivity index (χ4v) is 6.23. The van der Waals surface area contributed by atoms with Gasteiger partial charge in [-0.1, -0.05) is 13.8 Å². The highest BCUT2D eigenvalue weighted by Crippen LogP contribution is 2.40. The summed E-state index contributed by atoms with van der Waals surface area (Å²) in [5.41, 5.74) is 7.26. The van der Waals surface area contributed by atoms with Crippen molar-refractivity contribution < 1.29 is 22.3 Å². The van der Waals surface area contributed by atoms with Gasteiger partial charge < -0.3 is 15.4 Å². The number of hydrogen-bond donors (Lipinski definition) is 1. The predicted molar refractivity (Wildman–Crippen MR) is 126 cm³/mol. The van der Waals surface area contributed by atoms with Crippen molar-refractivity contribution in [2.24, 2.45) is 5.73 Å². The van der Waals surface area contributed by atoms with Gasteiger partial charge in [-0.2, -0.15) is 9.40 Å². The monoisotopic (exact) mass is 489 g/mol. The van der Waals surface area contributed by atoms with Gasteiger partial charge in [0.1, 0.15) is 17.1 Å². The van der Waals surface area contributed by atoms with Crippen molar-refractivity contribution in [3.8, 4) is 5.75 Å². The molecule has 1 atom stereocenters. The maximum absolute atomic E-state index is 14.1. The second kappa shape index (κ2) is 9.22. The van der Waals surface area contributed by atoms with Crippen LogP contribution >= 0.6 is 0 Å². The number of amides is 1. The van der Waals surface area contributed by atoms with Crippen molar-refractivity contribution >= 4 is 27.1 Å². The number of primary amides is 1. The first-order valence-corrected chi connectivity index (χ1v) is 12.6. The number of ether oxygens (including phenoxy) is 1. The van der Waals surface area contributed by atoms with Crippen molar-refractivity contribution in [1.29, 1.82) is 0 Å². The lowest BCUT2D eigenvalue weighted by molar-refractivity contribution is 0.0998. The van der Waals surface area contributed by atoms with E-state index in [1.54, 1.807) is 45.4 Å². The van der Waals surface area contributed by atoms with Gasteiger partial charge in [-0.3, -0.25) is 4.79 Å². The quantitative estimate of drug-likeness (QED) is 0.521. The number of benzene rings is 1. The maximum atomic E-state index is 14.1. The third-order valence-electron chi connectivity index (χ3n) is 6.26. The summed E-state index contributed by atoms with van der Waals surface area (Å²) < 4.78 is 48.4. The summed E-state index contributed by atoms with van der Waals surface area (Å²) in [6, 6.07) is 7.80. The summed E-state index contributed by atoms with van der Waals surface area (Å²) in [5, 5.41) is 3.85. The molecule has 4 rings (SSSR count). The molecule has 11 heteroatoms. The van der Waals surface area contributed by atoms with Crippen LogP contribution in [0, 0.1) is 5.82 Å². The van der Waals surface area contributed by atoms with Crippen molar-refractivity contribution in [3.63, 3.8) is 0 Å². The second-order valence-electron chi connectivity index (χ2n) is 8.09. The van der Waals surface area contributed by atoms with Gasteiger partial charge >= 0.3 is 0 Å². The normalized spacial score (nSPS) is 16.5. The average molecular weight is 490 g/mol. The van der Waals surface area contributed by atoms with E-state index in [-0.39, 0.29) is 35.5 Å². The van der Waals surface area contributed by atoms with E-state index in [1.807, 2.05) is 0 Å². The second-order valence-corrected chi connectivity index (χ2v) is 9.94. The number of aromatic nitrogens is 2. The fraction of sp³-hybridized carbons (Fsp3) is 0.391. The van der Waals surface area contributed by atoms with Crippen LogP contribution in [0.5, 0.6) is 5.75 Å². The Bertz CT molecular complexity index is 1340. The molecule has 0 saturated carbocycles. The minimum absolute atomic E-state index is 0.146. The Kier molecular flexibility index (Phi) is 6.50. The molecule has 9 nitrogen and oxygen atoms in total. The van der Waals surface area contributed by atoms with Crippen molar-refractivity contribution in [3.05, 3.63) is 53.5 Å². The van der Waals surface area contributed by atoms with E-state index in [9.17, 15) is 17.6 Å². The molecule has 1 aliphatic heterocycles. The Balaban J connectivity index is 1.84. The van der Waals surface area contributed by atoms with Crippen LogP contribution in [-0.4, -0.2) is 55.0 Å². The molecule has 182 valence electrons. The number of pyridine rings is 1. The molecule has 1 unspecified atom stereocenters. The summed E-state index contributed by atoms with van der Waals surface area (Å²) in [7, 11) is -2.46. The summed E-state index contributed by atoms with van der Waals surface area (Å²) >= 11 is 0. The Morgan fingerprint density at radius 2 is 2.00 bits per heavy atom. The Hall–Kier alpha value is -3.18. The van der Waals surface area contributed by atoms with Gasteiger partial charge in [0, 0.05) is 37.1 Å². The number of methoxy groups -OCH3 is 1. The largest absolute Gasteiger partial charge is 0.496 e. The summed E-state index contributed by atoms with van der Waals surface area (Å²) in [6.07, 6.45) is 3.27. The molecule has 1 saturated heterocycles. The topological polar surface area (TPSA) is 110 Å². The van der Waals surface area contributed by atoms with E-state index < -0.39 is 15.9 Å². The minimum Gasteiger partial charge on any atom is -0.496 e. The van der Waals surface area contributed by atoms with Gasteiger partial charge in [-0.05, 0) is 43.2 Å². The zero-order valence-corrected chi connectivity index (χ0v) is 20.2. The molecular formula is C23H28FN5O4S. The number of fused-ring (bicyclic) bond motifs is 1. The Morgan fingerprint density at radius 1 is 1.26 bits per heavy atom. The van der Waals surface area contributed by atoms with Crippen LogP contribution in [0.1, 0.15) is 48.7 Å². The van der Waals surface area contributed by atoms with E-state index in [0.717, 1.165) is 24.1 Å². The van der Waals surface area contributed by atoms with E-state index in [4.69, 9.17) is 10.5 Å². The van der Waals surface area contributed by atoms with Crippen LogP contribution in [0.15, 0.2) is 41.6 Å². The van der Waals surface area contributed by atoms with Crippen LogP contribution < -0.4 is 15.4 Å². The van der Waals surface area contributed by atoms with Gasteiger partial charge in [0.05, 0.1) is 18.7 Å². The molecular weight excluding hydrogens is 461 g/mol. The van der Waals surface area contributed by atoms with Crippen LogP contribution in [0.25, 0.3) is 5.52 Å². The third kappa shape index (κ3) is 3.98. The molecule has 3 heterocycles. The molecule has 0 radical (unpaired) electrons. The minimum atomic E-state index is -4.01. The Labute approximate surface area is 197 Å². The van der Waals surface area contributed by atoms with Crippen LogP contribution in [0.4, 0.5) is 10.1 Å². The Morgan fingerprint density at radius 3 is 2.65 bits per heavy atom. The smallest absolute Gasteiger partial charge is 0.263 e. The first-order valence-electron chi connectivity index (χ1n) is 11.1. The number of rotatable bonds is 8. The maximum Gasteiger partial charge on any atom is 0.263 e. The zero-order chi connectivity index (χ0) is 24.6. The molecule has 0 bridgehead atoms. The van der Waals surface area contributed by atoms with Crippen LogP contribution in [0.2, 0.25) is 0 Å². The fourth-order valence-electron chi connectivity index (χ4n) is 4.65. The van der Waals surface area contributed by atoms with Gasteiger partial charge in [0.2, 0.25) is 5.03 Å². The van der Waals surface area contributed by atoms with Crippen molar-refractivity contribution in [2.75, 3.05) is 31.6 Å². The lowest BCUT2D eigenvalue weighted by Crippen LogP contribution is -2.32. The predicted octanol–water partition coefficient (Wildman–Crippen LogP) is 2.95. The molecule has 0 spiro atoms. The van der Waals surface area contributed by atoms with Crippen LogP contribution in [-0.2, 0) is 10.0 Å². The third-order valence-corrected chi connectivity index (χ3v) is 8.23. The van der Waals surface area contributed by atoms with Gasteiger partial charge in [0.15, 0.2) is 0 Å². The van der Waals surface area contributed by atoms with Gasteiger partial charge in [0.25, 0.3) is 15.9 Å². The molecule has 1 fully saturated rings. The molecule has 34 heavy (non-hydrogen) atoms.